The highest BCUT2D eigenvalue weighted by molar-refractivity contribution is 6.06. The molecule has 0 aliphatic heterocycles. The first kappa shape index (κ1) is 13.8. The van der Waals surface area contributed by atoms with E-state index in [4.69, 9.17) is 15.7 Å². The molecule has 6 nitrogen and oxygen atoms in total. The summed E-state index contributed by atoms with van der Waals surface area (Å²) in [4.78, 5) is 11.6. The second-order valence-electron chi connectivity index (χ2n) is 3.67. The van der Waals surface area contributed by atoms with E-state index < -0.39 is 0 Å². The van der Waals surface area contributed by atoms with Crippen LogP contribution in [0.3, 0.4) is 0 Å². The molecule has 0 aliphatic carbocycles. The smallest absolute Gasteiger partial charge is 0.224 e. The van der Waals surface area contributed by atoms with E-state index in [1.54, 1.807) is 18.2 Å². The zero-order valence-electron chi connectivity index (χ0n) is 10.4. The van der Waals surface area contributed by atoms with Crippen molar-refractivity contribution in [2.75, 3.05) is 12.4 Å². The van der Waals surface area contributed by atoms with Crippen molar-refractivity contribution in [1.82, 2.24) is 0 Å². The zero-order chi connectivity index (χ0) is 13.5. The molecule has 1 amide bonds. The van der Waals surface area contributed by atoms with Gasteiger partial charge in [-0.05, 0) is 18.6 Å². The molecular formula is C12H17N3O3. The molecule has 0 bridgehead atoms. The normalized spacial score (nSPS) is 11.1. The van der Waals surface area contributed by atoms with Crippen LogP contribution >= 0.6 is 0 Å². The van der Waals surface area contributed by atoms with Crippen LogP contribution in [-0.2, 0) is 4.79 Å². The Morgan fingerprint density at radius 1 is 1.56 bits per heavy atom. The number of benzene rings is 1. The number of hydrogen-bond donors (Lipinski definition) is 3. The third-order valence-electron chi connectivity index (χ3n) is 2.37. The van der Waals surface area contributed by atoms with Crippen LogP contribution in [0.15, 0.2) is 23.4 Å². The van der Waals surface area contributed by atoms with Crippen LogP contribution in [0.5, 0.6) is 5.75 Å². The van der Waals surface area contributed by atoms with Gasteiger partial charge in [0, 0.05) is 12.0 Å². The van der Waals surface area contributed by atoms with Gasteiger partial charge < -0.3 is 21.0 Å². The van der Waals surface area contributed by atoms with Gasteiger partial charge in [0.15, 0.2) is 5.84 Å². The molecular weight excluding hydrogens is 234 g/mol. The third kappa shape index (κ3) is 3.13. The summed E-state index contributed by atoms with van der Waals surface area (Å²) in [7, 11) is 1.49. The molecule has 0 aromatic heterocycles. The number of nitrogens with two attached hydrogens (primary N) is 1. The summed E-state index contributed by atoms with van der Waals surface area (Å²) in [5.41, 5.74) is 6.39. The molecule has 4 N–H and O–H groups in total. The van der Waals surface area contributed by atoms with Gasteiger partial charge in [-0.3, -0.25) is 4.79 Å². The Morgan fingerprint density at radius 2 is 2.28 bits per heavy atom. The highest BCUT2D eigenvalue weighted by atomic mass is 16.5. The van der Waals surface area contributed by atoms with E-state index in [1.165, 1.54) is 7.11 Å². The van der Waals surface area contributed by atoms with Crippen molar-refractivity contribution >= 4 is 17.4 Å². The van der Waals surface area contributed by atoms with E-state index in [0.717, 1.165) is 6.42 Å². The lowest BCUT2D eigenvalue weighted by Crippen LogP contribution is -2.19. The second kappa shape index (κ2) is 6.48. The summed E-state index contributed by atoms with van der Waals surface area (Å²) >= 11 is 0. The number of carbonyl (C=O) groups excluding carboxylic acids is 1. The molecule has 0 saturated carbocycles. The van der Waals surface area contributed by atoms with Crippen LogP contribution in [0.1, 0.15) is 25.3 Å². The molecule has 0 aliphatic rings. The Balaban J connectivity index is 3.16. The molecule has 1 rings (SSSR count). The number of hydrogen-bond acceptors (Lipinski definition) is 4. The Labute approximate surface area is 105 Å². The number of methoxy groups -OCH3 is 1. The highest BCUT2D eigenvalue weighted by Gasteiger charge is 2.14. The maximum Gasteiger partial charge on any atom is 0.224 e. The van der Waals surface area contributed by atoms with Crippen molar-refractivity contribution in [2.24, 2.45) is 10.9 Å². The van der Waals surface area contributed by atoms with Crippen LogP contribution in [0.25, 0.3) is 0 Å². The SMILES string of the molecule is CCCC(=O)Nc1c(OC)cccc1/C(N)=N/O. The summed E-state index contributed by atoms with van der Waals surface area (Å²) in [5.74, 6) is 0.234. The van der Waals surface area contributed by atoms with Gasteiger partial charge in [0.1, 0.15) is 5.75 Å². The van der Waals surface area contributed by atoms with Crippen molar-refractivity contribution in [3.63, 3.8) is 0 Å². The van der Waals surface area contributed by atoms with E-state index in [2.05, 4.69) is 10.5 Å². The van der Waals surface area contributed by atoms with Crippen LogP contribution < -0.4 is 15.8 Å². The summed E-state index contributed by atoms with van der Waals surface area (Å²) in [5, 5.41) is 14.4. The zero-order valence-corrected chi connectivity index (χ0v) is 10.4. The molecule has 0 atom stereocenters. The van der Waals surface area contributed by atoms with Crippen molar-refractivity contribution in [2.45, 2.75) is 19.8 Å². The third-order valence-corrected chi connectivity index (χ3v) is 2.37. The first-order chi connectivity index (χ1) is 8.63. The molecule has 0 radical (unpaired) electrons. The first-order valence-electron chi connectivity index (χ1n) is 5.58. The lowest BCUT2D eigenvalue weighted by atomic mass is 10.1. The lowest BCUT2D eigenvalue weighted by Gasteiger charge is -2.13. The van der Waals surface area contributed by atoms with Gasteiger partial charge >= 0.3 is 0 Å². The van der Waals surface area contributed by atoms with Crippen LogP contribution in [0.2, 0.25) is 0 Å². The lowest BCUT2D eigenvalue weighted by molar-refractivity contribution is -0.116. The second-order valence-corrected chi connectivity index (χ2v) is 3.67. The predicted octanol–water partition coefficient (Wildman–Crippen LogP) is 1.53. The standard InChI is InChI=1S/C12H17N3O3/c1-3-5-10(16)14-11-8(12(13)15-17)6-4-7-9(11)18-2/h4,6-7,17H,3,5H2,1-2H3,(H2,13,15)(H,14,16). The Hall–Kier alpha value is -2.24. The average molecular weight is 251 g/mol. The maximum absolute atomic E-state index is 11.6. The minimum absolute atomic E-state index is 0.0827. The van der Waals surface area contributed by atoms with Gasteiger partial charge in [0.25, 0.3) is 0 Å². The highest BCUT2D eigenvalue weighted by Crippen LogP contribution is 2.28. The number of oxime groups is 1. The molecule has 1 aromatic carbocycles. The van der Waals surface area contributed by atoms with Crippen molar-refractivity contribution in [1.29, 1.82) is 0 Å². The first-order valence-corrected chi connectivity index (χ1v) is 5.58. The fourth-order valence-corrected chi connectivity index (χ4v) is 1.53. The number of para-hydroxylation sites is 1. The van der Waals surface area contributed by atoms with Gasteiger partial charge in [-0.15, -0.1) is 0 Å². The van der Waals surface area contributed by atoms with E-state index in [0.29, 0.717) is 23.4 Å². The molecule has 0 unspecified atom stereocenters. The summed E-state index contributed by atoms with van der Waals surface area (Å²) in [6, 6.07) is 5.02. The minimum Gasteiger partial charge on any atom is -0.495 e. The summed E-state index contributed by atoms with van der Waals surface area (Å²) in [6.45, 7) is 1.91. The Morgan fingerprint density at radius 3 is 2.83 bits per heavy atom. The van der Waals surface area contributed by atoms with E-state index in [-0.39, 0.29) is 11.7 Å². The van der Waals surface area contributed by atoms with Gasteiger partial charge in [-0.1, -0.05) is 18.1 Å². The van der Waals surface area contributed by atoms with Crippen LogP contribution in [0.4, 0.5) is 5.69 Å². The molecule has 1 aromatic rings. The predicted molar refractivity (Wildman–Crippen MR) is 69.0 cm³/mol. The van der Waals surface area contributed by atoms with E-state index in [1.807, 2.05) is 6.92 Å². The molecule has 0 fully saturated rings. The van der Waals surface area contributed by atoms with E-state index >= 15 is 0 Å². The number of carbonyl (C=O) groups is 1. The molecule has 6 heteroatoms. The number of amidine groups is 1. The van der Waals surface area contributed by atoms with Gasteiger partial charge in [0.05, 0.1) is 12.8 Å². The quantitative estimate of drug-likeness (QED) is 0.320. The summed E-state index contributed by atoms with van der Waals surface area (Å²) < 4.78 is 5.15. The van der Waals surface area contributed by atoms with Gasteiger partial charge in [0.2, 0.25) is 5.91 Å². The van der Waals surface area contributed by atoms with E-state index in [9.17, 15) is 4.79 Å². The molecule has 0 spiro atoms. The number of rotatable bonds is 5. The van der Waals surface area contributed by atoms with Crippen molar-refractivity contribution in [3.05, 3.63) is 23.8 Å². The fraction of sp³-hybridized carbons (Fsp3) is 0.333. The minimum atomic E-state index is -0.144. The monoisotopic (exact) mass is 251 g/mol. The van der Waals surface area contributed by atoms with Crippen LogP contribution in [-0.4, -0.2) is 24.1 Å². The topological polar surface area (TPSA) is 96.9 Å². The van der Waals surface area contributed by atoms with Crippen molar-refractivity contribution < 1.29 is 14.7 Å². The number of nitrogens with one attached hydrogen (secondary N) is 1. The molecule has 0 saturated heterocycles. The number of anilines is 1. The van der Waals surface area contributed by atoms with Crippen LogP contribution in [0, 0.1) is 0 Å². The summed E-state index contributed by atoms with van der Waals surface area (Å²) in [6.07, 6.45) is 1.13. The molecule has 98 valence electrons. The number of nitrogens with zero attached hydrogens (tertiary/aromatic N) is 1. The average Bonchev–Trinajstić information content (AvgIpc) is 2.38. The molecule has 18 heavy (non-hydrogen) atoms. The van der Waals surface area contributed by atoms with Gasteiger partial charge in [-0.2, -0.15) is 0 Å². The Bertz CT molecular complexity index is 458. The largest absolute Gasteiger partial charge is 0.495 e. The van der Waals surface area contributed by atoms with Crippen molar-refractivity contribution in [3.8, 4) is 5.75 Å². The number of amides is 1. The number of ether oxygens (including phenoxy) is 1. The van der Waals surface area contributed by atoms with Gasteiger partial charge in [-0.25, -0.2) is 0 Å². The maximum atomic E-state index is 11.6. The Kier molecular flexibility index (Phi) is 4.98. The fourth-order valence-electron chi connectivity index (χ4n) is 1.53. The molecule has 0 heterocycles.